The van der Waals surface area contributed by atoms with Gasteiger partial charge in [0, 0.05) is 0 Å². The molecule has 0 atom stereocenters. The van der Waals surface area contributed by atoms with Crippen LogP contribution in [-0.2, 0) is 9.59 Å². The van der Waals surface area contributed by atoms with Crippen LogP contribution in [0.3, 0.4) is 0 Å². The minimum Gasteiger partial charge on any atom is -0.493 e. The summed E-state index contributed by atoms with van der Waals surface area (Å²) in [5.41, 5.74) is 1.01. The first-order valence-corrected chi connectivity index (χ1v) is 9.21. The highest BCUT2D eigenvalue weighted by atomic mass is 35.5. The van der Waals surface area contributed by atoms with Gasteiger partial charge in [-0.2, -0.15) is 0 Å². The third-order valence-corrected chi connectivity index (χ3v) is 4.53. The fraction of sp³-hybridized carbons (Fsp3) is 0.150. The van der Waals surface area contributed by atoms with Gasteiger partial charge in [-0.05, 0) is 55.0 Å². The Balaban J connectivity index is 2.03. The van der Waals surface area contributed by atoms with E-state index in [9.17, 15) is 9.59 Å². The van der Waals surface area contributed by atoms with E-state index in [2.05, 4.69) is 5.32 Å². The SMILES string of the molecule is CCOc1c(Cl)cc(/C=C2/C(=O)NC(=S)N(c3ccccc3)C2=O)cc1OC. The van der Waals surface area contributed by atoms with E-state index in [1.165, 1.54) is 18.1 Å². The average Bonchev–Trinajstić information content (AvgIpc) is 2.67. The molecule has 0 bridgehead atoms. The number of amides is 2. The van der Waals surface area contributed by atoms with Gasteiger partial charge >= 0.3 is 0 Å². The van der Waals surface area contributed by atoms with Crippen molar-refractivity contribution in [2.24, 2.45) is 0 Å². The number of carbonyl (C=O) groups is 2. The summed E-state index contributed by atoms with van der Waals surface area (Å²) in [5.74, 6) is -0.296. The third kappa shape index (κ3) is 3.85. The van der Waals surface area contributed by atoms with Gasteiger partial charge in [0.1, 0.15) is 5.57 Å². The normalized spacial score (nSPS) is 15.6. The molecule has 0 saturated carbocycles. The molecule has 1 heterocycles. The van der Waals surface area contributed by atoms with Crippen LogP contribution in [-0.4, -0.2) is 30.6 Å². The van der Waals surface area contributed by atoms with E-state index in [0.29, 0.717) is 34.4 Å². The van der Waals surface area contributed by atoms with E-state index >= 15 is 0 Å². The second-order valence-electron chi connectivity index (χ2n) is 5.76. The lowest BCUT2D eigenvalue weighted by molar-refractivity contribution is -0.122. The topological polar surface area (TPSA) is 67.9 Å². The Morgan fingerprint density at radius 2 is 1.93 bits per heavy atom. The summed E-state index contributed by atoms with van der Waals surface area (Å²) >= 11 is 11.5. The van der Waals surface area contributed by atoms with E-state index in [1.807, 2.05) is 13.0 Å². The smallest absolute Gasteiger partial charge is 0.270 e. The number of para-hydroxylation sites is 1. The molecule has 3 rings (SSSR count). The van der Waals surface area contributed by atoms with Crippen LogP contribution in [0.5, 0.6) is 11.5 Å². The van der Waals surface area contributed by atoms with Crippen molar-refractivity contribution in [3.63, 3.8) is 0 Å². The van der Waals surface area contributed by atoms with Gasteiger partial charge in [0.15, 0.2) is 16.6 Å². The molecular formula is C20H17ClN2O4S. The van der Waals surface area contributed by atoms with Crippen molar-refractivity contribution in [1.82, 2.24) is 5.32 Å². The van der Waals surface area contributed by atoms with Gasteiger partial charge in [0.25, 0.3) is 11.8 Å². The molecule has 0 aromatic heterocycles. The average molecular weight is 417 g/mol. The Morgan fingerprint density at radius 1 is 1.21 bits per heavy atom. The van der Waals surface area contributed by atoms with Gasteiger partial charge in [-0.25, -0.2) is 0 Å². The first-order valence-electron chi connectivity index (χ1n) is 8.43. The van der Waals surface area contributed by atoms with Gasteiger partial charge in [0.2, 0.25) is 0 Å². The van der Waals surface area contributed by atoms with E-state index in [0.717, 1.165) is 0 Å². The van der Waals surface area contributed by atoms with Crippen molar-refractivity contribution < 1.29 is 19.1 Å². The number of thiocarbonyl (C=S) groups is 1. The molecule has 1 aliphatic heterocycles. The molecule has 8 heteroatoms. The second kappa shape index (κ2) is 8.41. The van der Waals surface area contributed by atoms with Crippen LogP contribution in [0.2, 0.25) is 5.02 Å². The molecule has 144 valence electrons. The minimum atomic E-state index is -0.578. The number of anilines is 1. The van der Waals surface area contributed by atoms with Crippen LogP contribution < -0.4 is 19.7 Å². The van der Waals surface area contributed by atoms with Crippen LogP contribution in [0, 0.1) is 0 Å². The zero-order chi connectivity index (χ0) is 20.3. The van der Waals surface area contributed by atoms with E-state index in [4.69, 9.17) is 33.3 Å². The fourth-order valence-corrected chi connectivity index (χ4v) is 3.30. The Kier molecular flexibility index (Phi) is 5.96. The van der Waals surface area contributed by atoms with Crippen LogP contribution >= 0.6 is 23.8 Å². The number of halogens is 1. The number of benzene rings is 2. The number of nitrogens with one attached hydrogen (secondary N) is 1. The molecule has 1 fully saturated rings. The molecule has 0 unspecified atom stereocenters. The molecular weight excluding hydrogens is 400 g/mol. The van der Waals surface area contributed by atoms with Gasteiger partial charge in [-0.3, -0.25) is 19.8 Å². The molecule has 0 aliphatic carbocycles. The van der Waals surface area contributed by atoms with Crippen LogP contribution in [0.15, 0.2) is 48.0 Å². The number of carbonyl (C=O) groups excluding carboxylic acids is 2. The highest BCUT2D eigenvalue weighted by molar-refractivity contribution is 7.80. The number of rotatable bonds is 5. The summed E-state index contributed by atoms with van der Waals surface area (Å²) in [5, 5.41) is 2.88. The first-order chi connectivity index (χ1) is 13.5. The van der Waals surface area contributed by atoms with Crippen LogP contribution in [0.1, 0.15) is 12.5 Å². The monoisotopic (exact) mass is 416 g/mol. The Morgan fingerprint density at radius 3 is 2.57 bits per heavy atom. The van der Waals surface area contributed by atoms with Gasteiger partial charge in [-0.15, -0.1) is 0 Å². The summed E-state index contributed by atoms with van der Waals surface area (Å²) in [6.45, 7) is 2.25. The predicted molar refractivity (Wildman–Crippen MR) is 112 cm³/mol. The number of methoxy groups -OCH3 is 1. The van der Waals surface area contributed by atoms with Gasteiger partial charge in [0.05, 0.1) is 24.4 Å². The largest absolute Gasteiger partial charge is 0.493 e. The van der Waals surface area contributed by atoms with Crippen molar-refractivity contribution in [2.45, 2.75) is 6.92 Å². The predicted octanol–water partition coefficient (Wildman–Crippen LogP) is 3.58. The maximum absolute atomic E-state index is 13.0. The first kappa shape index (κ1) is 19.9. The van der Waals surface area contributed by atoms with E-state index in [1.54, 1.807) is 36.4 Å². The van der Waals surface area contributed by atoms with E-state index in [-0.39, 0.29) is 10.7 Å². The lowest BCUT2D eigenvalue weighted by atomic mass is 10.1. The maximum atomic E-state index is 13.0. The standard InChI is InChI=1S/C20H17ClN2O4S/c1-3-27-17-15(21)10-12(11-16(17)26-2)9-14-18(24)22-20(28)23(19(14)25)13-7-5-4-6-8-13/h4-11H,3H2,1-2H3,(H,22,24,28)/b14-9-. The summed E-state index contributed by atoms with van der Waals surface area (Å²) in [7, 11) is 1.49. The molecule has 1 aliphatic rings. The summed E-state index contributed by atoms with van der Waals surface area (Å²) in [6, 6.07) is 12.1. The highest BCUT2D eigenvalue weighted by Crippen LogP contribution is 2.37. The fourth-order valence-electron chi connectivity index (χ4n) is 2.74. The summed E-state index contributed by atoms with van der Waals surface area (Å²) in [6.07, 6.45) is 1.44. The number of hydrogen-bond acceptors (Lipinski definition) is 5. The molecule has 2 amide bonds. The molecule has 1 saturated heterocycles. The third-order valence-electron chi connectivity index (χ3n) is 3.97. The molecule has 6 nitrogen and oxygen atoms in total. The van der Waals surface area contributed by atoms with Gasteiger partial charge in [-0.1, -0.05) is 29.8 Å². The molecule has 0 radical (unpaired) electrons. The van der Waals surface area contributed by atoms with Crippen molar-refractivity contribution in [2.75, 3.05) is 18.6 Å². The maximum Gasteiger partial charge on any atom is 0.270 e. The van der Waals surface area contributed by atoms with E-state index < -0.39 is 11.8 Å². The van der Waals surface area contributed by atoms with Crippen molar-refractivity contribution in [1.29, 1.82) is 0 Å². The van der Waals surface area contributed by atoms with Gasteiger partial charge < -0.3 is 9.47 Å². The minimum absolute atomic E-state index is 0.0284. The van der Waals surface area contributed by atoms with Crippen molar-refractivity contribution in [3.8, 4) is 11.5 Å². The Bertz CT molecular complexity index is 976. The lowest BCUT2D eigenvalue weighted by Crippen LogP contribution is -2.54. The summed E-state index contributed by atoms with van der Waals surface area (Å²) in [4.78, 5) is 26.7. The molecule has 1 N–H and O–H groups in total. The Hall–Kier alpha value is -2.90. The van der Waals surface area contributed by atoms with Crippen LogP contribution in [0.25, 0.3) is 6.08 Å². The quantitative estimate of drug-likeness (QED) is 0.458. The zero-order valence-electron chi connectivity index (χ0n) is 15.2. The van der Waals surface area contributed by atoms with Crippen LogP contribution in [0.4, 0.5) is 5.69 Å². The number of hydrogen-bond donors (Lipinski definition) is 1. The molecule has 0 spiro atoms. The summed E-state index contributed by atoms with van der Waals surface area (Å²) < 4.78 is 10.8. The lowest BCUT2D eigenvalue weighted by Gasteiger charge is -2.28. The Labute approximate surface area is 172 Å². The number of nitrogens with zero attached hydrogens (tertiary/aromatic N) is 1. The highest BCUT2D eigenvalue weighted by Gasteiger charge is 2.34. The second-order valence-corrected chi connectivity index (χ2v) is 6.55. The molecule has 2 aromatic rings. The molecule has 28 heavy (non-hydrogen) atoms. The van der Waals surface area contributed by atoms with Crippen molar-refractivity contribution in [3.05, 3.63) is 58.6 Å². The number of ether oxygens (including phenoxy) is 2. The van der Waals surface area contributed by atoms with Crippen molar-refractivity contribution >= 4 is 52.5 Å². The molecule has 2 aromatic carbocycles. The zero-order valence-corrected chi connectivity index (χ0v) is 16.8.